The van der Waals surface area contributed by atoms with Crippen LogP contribution in [0.3, 0.4) is 0 Å². The Balaban J connectivity index is 2.16. The first-order chi connectivity index (χ1) is 12.4. The molecule has 0 fully saturated rings. The zero-order chi connectivity index (χ0) is 18.6. The maximum atomic E-state index is 12.9. The molecule has 0 bridgehead atoms. The Bertz CT molecular complexity index is 1330. The summed E-state index contributed by atoms with van der Waals surface area (Å²) >= 11 is 18.0. The van der Waals surface area contributed by atoms with Gasteiger partial charge in [-0.3, -0.25) is 9.59 Å². The number of halogens is 3. The molecular weight excluding hydrogens is 401 g/mol. The third-order valence-electron chi connectivity index (χ3n) is 3.98. The molecule has 2 aromatic carbocycles. The normalized spacial score (nSPS) is 11.3. The predicted molar refractivity (Wildman–Crippen MR) is 101 cm³/mol. The first-order valence-electron chi connectivity index (χ1n) is 7.29. The minimum atomic E-state index is -0.715. The van der Waals surface area contributed by atoms with Gasteiger partial charge in [0.2, 0.25) is 0 Å². The van der Waals surface area contributed by atoms with Gasteiger partial charge in [0, 0.05) is 15.4 Å². The number of fused-ring (bicyclic) bond motifs is 2. The van der Waals surface area contributed by atoms with Crippen LogP contribution in [0.1, 0.15) is 0 Å². The molecule has 130 valence electrons. The summed E-state index contributed by atoms with van der Waals surface area (Å²) in [6.07, 6.45) is 1.21. The monoisotopic (exact) mass is 407 g/mol. The van der Waals surface area contributed by atoms with Crippen molar-refractivity contribution in [3.05, 3.63) is 78.2 Å². The molecule has 0 aliphatic rings. The van der Waals surface area contributed by atoms with Crippen molar-refractivity contribution in [1.29, 1.82) is 0 Å². The molecule has 0 unspecified atom stereocenters. The number of hydrogen-bond acceptors (Lipinski definition) is 4. The fourth-order valence-electron chi connectivity index (χ4n) is 2.78. The van der Waals surface area contributed by atoms with Gasteiger partial charge < -0.3 is 5.21 Å². The van der Waals surface area contributed by atoms with Crippen LogP contribution < -0.4 is 11.0 Å². The largest absolute Gasteiger partial charge is 0.428 e. The Morgan fingerprint density at radius 2 is 1.62 bits per heavy atom. The lowest BCUT2D eigenvalue weighted by molar-refractivity contribution is 0.210. The maximum Gasteiger partial charge on any atom is 0.299 e. The van der Waals surface area contributed by atoms with Gasteiger partial charge >= 0.3 is 0 Å². The second-order valence-electron chi connectivity index (χ2n) is 5.52. The number of aromatic nitrogens is 3. The molecule has 0 spiro atoms. The molecule has 2 heterocycles. The van der Waals surface area contributed by atoms with Crippen molar-refractivity contribution in [1.82, 2.24) is 14.5 Å². The van der Waals surface area contributed by atoms with Gasteiger partial charge in [0.1, 0.15) is 0 Å². The average molecular weight is 409 g/mol. The van der Waals surface area contributed by atoms with Gasteiger partial charge in [-0.05, 0) is 36.4 Å². The summed E-state index contributed by atoms with van der Waals surface area (Å²) in [4.78, 5) is 25.6. The van der Waals surface area contributed by atoms with Crippen LogP contribution in [0.4, 0.5) is 0 Å². The molecule has 9 heteroatoms. The third kappa shape index (κ3) is 2.46. The van der Waals surface area contributed by atoms with E-state index in [1.165, 1.54) is 36.5 Å². The summed E-state index contributed by atoms with van der Waals surface area (Å²) in [5.74, 6) is 0. The van der Waals surface area contributed by atoms with Crippen LogP contribution in [-0.2, 0) is 0 Å². The molecule has 0 saturated carbocycles. The van der Waals surface area contributed by atoms with E-state index in [4.69, 9.17) is 34.8 Å². The molecule has 0 aliphatic heterocycles. The van der Waals surface area contributed by atoms with Crippen molar-refractivity contribution in [3.8, 4) is 5.69 Å². The number of nitrogens with zero attached hydrogens (tertiary/aromatic N) is 3. The third-order valence-corrected chi connectivity index (χ3v) is 4.75. The highest BCUT2D eigenvalue weighted by Crippen LogP contribution is 2.24. The van der Waals surface area contributed by atoms with Gasteiger partial charge in [-0.15, -0.1) is 0 Å². The Hall–Kier alpha value is -2.54. The van der Waals surface area contributed by atoms with E-state index in [2.05, 4.69) is 5.10 Å². The van der Waals surface area contributed by atoms with E-state index in [1.54, 1.807) is 6.07 Å². The van der Waals surface area contributed by atoms with Crippen molar-refractivity contribution >= 4 is 56.6 Å². The second kappa shape index (κ2) is 6.02. The zero-order valence-corrected chi connectivity index (χ0v) is 15.0. The summed E-state index contributed by atoms with van der Waals surface area (Å²) in [6.45, 7) is 0. The second-order valence-corrected chi connectivity index (χ2v) is 6.80. The van der Waals surface area contributed by atoms with Gasteiger partial charge in [0.05, 0.1) is 27.8 Å². The van der Waals surface area contributed by atoms with Crippen molar-refractivity contribution in [2.45, 2.75) is 0 Å². The van der Waals surface area contributed by atoms with Crippen LogP contribution in [0.5, 0.6) is 0 Å². The summed E-state index contributed by atoms with van der Waals surface area (Å²) < 4.78 is 1.63. The smallest absolute Gasteiger partial charge is 0.299 e. The molecule has 0 aliphatic carbocycles. The molecule has 26 heavy (non-hydrogen) atoms. The summed E-state index contributed by atoms with van der Waals surface area (Å²) in [7, 11) is 0. The Morgan fingerprint density at radius 1 is 0.923 bits per heavy atom. The highest BCUT2D eigenvalue weighted by molar-refractivity contribution is 6.35. The number of hydrogen-bond donors (Lipinski definition) is 1. The van der Waals surface area contributed by atoms with Gasteiger partial charge in [-0.25, -0.2) is 0 Å². The van der Waals surface area contributed by atoms with E-state index < -0.39 is 11.0 Å². The molecule has 0 amide bonds. The van der Waals surface area contributed by atoms with Crippen molar-refractivity contribution < 1.29 is 5.21 Å². The predicted octanol–water partition coefficient (Wildman–Crippen LogP) is 3.90. The van der Waals surface area contributed by atoms with E-state index in [9.17, 15) is 14.8 Å². The van der Waals surface area contributed by atoms with E-state index in [0.29, 0.717) is 14.8 Å². The number of rotatable bonds is 1. The molecular formula is C17H8Cl3N3O3. The Morgan fingerprint density at radius 3 is 2.35 bits per heavy atom. The van der Waals surface area contributed by atoms with Crippen LogP contribution in [0.25, 0.3) is 27.5 Å². The Kier molecular flexibility index (Phi) is 3.91. The van der Waals surface area contributed by atoms with Crippen LogP contribution in [-0.4, -0.2) is 19.7 Å². The lowest BCUT2D eigenvalue weighted by Gasteiger charge is -2.11. The summed E-state index contributed by atoms with van der Waals surface area (Å²) in [5, 5.41) is 15.7. The van der Waals surface area contributed by atoms with Crippen LogP contribution in [0, 0.1) is 0 Å². The van der Waals surface area contributed by atoms with Crippen LogP contribution in [0.2, 0.25) is 15.1 Å². The fraction of sp³-hybridized carbons (Fsp3) is 0. The number of pyridine rings is 1. The van der Waals surface area contributed by atoms with Gasteiger partial charge in [-0.1, -0.05) is 34.8 Å². The first kappa shape index (κ1) is 16.9. The highest BCUT2D eigenvalue weighted by Gasteiger charge is 2.17. The molecule has 2 aromatic heterocycles. The standard InChI is InChI=1S/C17H8Cl3N3O3/c18-8-2-4-13(12(20)5-8)22-17(25)15-11(7-21-22)16(24)10-3-1-9(19)6-14(10)23(15)26/h1-7,26H. The average Bonchev–Trinajstić information content (AvgIpc) is 2.60. The lowest BCUT2D eigenvalue weighted by atomic mass is 10.1. The molecule has 0 radical (unpaired) electrons. The zero-order valence-electron chi connectivity index (χ0n) is 12.8. The van der Waals surface area contributed by atoms with Gasteiger partial charge in [0.15, 0.2) is 10.9 Å². The van der Waals surface area contributed by atoms with Crippen LogP contribution >= 0.6 is 34.8 Å². The first-order valence-corrected chi connectivity index (χ1v) is 8.43. The molecule has 1 N–H and O–H groups in total. The van der Waals surface area contributed by atoms with Crippen LogP contribution in [0.15, 0.2) is 52.2 Å². The van der Waals surface area contributed by atoms with E-state index in [1.807, 2.05) is 0 Å². The van der Waals surface area contributed by atoms with Gasteiger partial charge in [-0.2, -0.15) is 14.5 Å². The molecule has 6 nitrogen and oxygen atoms in total. The highest BCUT2D eigenvalue weighted by atomic mass is 35.5. The van der Waals surface area contributed by atoms with E-state index in [-0.39, 0.29) is 32.5 Å². The topological polar surface area (TPSA) is 77.1 Å². The summed E-state index contributed by atoms with van der Waals surface area (Å²) in [6, 6.07) is 8.93. The minimum Gasteiger partial charge on any atom is -0.428 e. The molecule has 4 aromatic rings. The Labute approximate surface area is 160 Å². The fourth-order valence-corrected chi connectivity index (χ4v) is 3.43. The molecule has 4 rings (SSSR count). The maximum absolute atomic E-state index is 12.9. The molecule has 0 saturated heterocycles. The molecule has 0 atom stereocenters. The quantitative estimate of drug-likeness (QED) is 0.383. The van der Waals surface area contributed by atoms with E-state index >= 15 is 0 Å². The lowest BCUT2D eigenvalue weighted by Crippen LogP contribution is -2.26. The van der Waals surface area contributed by atoms with Crippen molar-refractivity contribution in [2.75, 3.05) is 0 Å². The van der Waals surface area contributed by atoms with Crippen molar-refractivity contribution in [2.24, 2.45) is 0 Å². The number of benzene rings is 2. The summed E-state index contributed by atoms with van der Waals surface area (Å²) in [5.41, 5.74) is -0.997. The van der Waals surface area contributed by atoms with Gasteiger partial charge in [0.25, 0.3) is 5.56 Å². The van der Waals surface area contributed by atoms with E-state index in [0.717, 1.165) is 4.68 Å². The SMILES string of the molecule is O=c1c2ccc(Cl)cc2n(O)c2c(=O)n(-c3ccc(Cl)cc3Cl)ncc12. The minimum absolute atomic E-state index is 0.0198. The van der Waals surface area contributed by atoms with Crippen molar-refractivity contribution in [3.63, 3.8) is 0 Å².